The Balaban J connectivity index is 1.61. The smallest absolute Gasteiger partial charge is 0.317 e. The van der Waals surface area contributed by atoms with Gasteiger partial charge in [-0.05, 0) is 37.3 Å². The van der Waals surface area contributed by atoms with E-state index in [-0.39, 0.29) is 18.5 Å². The Hall–Kier alpha value is -3.57. The molecule has 1 aromatic carbocycles. The molecule has 0 unspecified atom stereocenters. The molecule has 1 fully saturated rings. The highest BCUT2D eigenvalue weighted by Crippen LogP contribution is 2.39. The fourth-order valence-corrected chi connectivity index (χ4v) is 4.84. The third kappa shape index (κ3) is 6.28. The molecule has 0 saturated carbocycles. The molecule has 4 rings (SSSR count). The Labute approximate surface area is 223 Å². The van der Waals surface area contributed by atoms with Crippen molar-refractivity contribution < 1.29 is 23.8 Å². The zero-order valence-corrected chi connectivity index (χ0v) is 22.7. The molecule has 0 bridgehead atoms. The van der Waals surface area contributed by atoms with E-state index in [9.17, 15) is 9.59 Å². The summed E-state index contributed by atoms with van der Waals surface area (Å²) in [4.78, 5) is 30.6. The van der Waals surface area contributed by atoms with Crippen LogP contribution in [0.25, 0.3) is 0 Å². The summed E-state index contributed by atoms with van der Waals surface area (Å²) in [6.45, 7) is 6.31. The predicted molar refractivity (Wildman–Crippen MR) is 144 cm³/mol. The van der Waals surface area contributed by atoms with Gasteiger partial charge in [-0.1, -0.05) is 0 Å². The SMILES string of the molecule is CCNC(=O)N(CCN1CCOCC1)CC(=O)N1N=C(c2cccn2C)C[C@H]1c1cc(OC)ccc1OC. The molecule has 1 saturated heterocycles. The van der Waals surface area contributed by atoms with Gasteiger partial charge in [0.15, 0.2) is 0 Å². The minimum absolute atomic E-state index is 0.0944. The lowest BCUT2D eigenvalue weighted by Crippen LogP contribution is -2.49. The van der Waals surface area contributed by atoms with Crippen LogP contribution in [0.3, 0.4) is 0 Å². The van der Waals surface area contributed by atoms with E-state index in [2.05, 4.69) is 10.2 Å². The quantitative estimate of drug-likeness (QED) is 0.509. The van der Waals surface area contributed by atoms with Crippen LogP contribution in [0.2, 0.25) is 0 Å². The van der Waals surface area contributed by atoms with Crippen LogP contribution in [-0.2, 0) is 16.6 Å². The topological polar surface area (TPSA) is 101 Å². The molecule has 0 radical (unpaired) electrons. The van der Waals surface area contributed by atoms with Crippen molar-refractivity contribution in [2.75, 3.05) is 66.7 Å². The van der Waals surface area contributed by atoms with Crippen molar-refractivity contribution in [3.8, 4) is 11.5 Å². The molecule has 206 valence electrons. The first-order chi connectivity index (χ1) is 18.4. The van der Waals surface area contributed by atoms with Gasteiger partial charge in [-0.3, -0.25) is 9.69 Å². The second-order valence-corrected chi connectivity index (χ2v) is 9.33. The summed E-state index contributed by atoms with van der Waals surface area (Å²) in [6, 6.07) is 8.80. The highest BCUT2D eigenvalue weighted by molar-refractivity contribution is 6.02. The second-order valence-electron chi connectivity index (χ2n) is 9.33. The number of nitrogens with one attached hydrogen (secondary N) is 1. The van der Waals surface area contributed by atoms with E-state index >= 15 is 0 Å². The van der Waals surface area contributed by atoms with E-state index in [1.54, 1.807) is 19.1 Å². The van der Waals surface area contributed by atoms with Crippen LogP contribution < -0.4 is 14.8 Å². The zero-order chi connectivity index (χ0) is 27.1. The van der Waals surface area contributed by atoms with Gasteiger partial charge in [-0.2, -0.15) is 5.10 Å². The van der Waals surface area contributed by atoms with E-state index in [1.807, 2.05) is 55.1 Å². The third-order valence-electron chi connectivity index (χ3n) is 6.93. The van der Waals surface area contributed by atoms with E-state index in [0.717, 1.165) is 30.1 Å². The molecule has 3 amide bonds. The molecule has 3 heterocycles. The number of hydrogen-bond donors (Lipinski definition) is 1. The van der Waals surface area contributed by atoms with Gasteiger partial charge in [-0.15, -0.1) is 0 Å². The predicted octanol–water partition coefficient (Wildman–Crippen LogP) is 2.08. The van der Waals surface area contributed by atoms with Crippen LogP contribution in [0.4, 0.5) is 4.79 Å². The van der Waals surface area contributed by atoms with Gasteiger partial charge in [0.05, 0.1) is 44.9 Å². The summed E-state index contributed by atoms with van der Waals surface area (Å²) >= 11 is 0. The number of ether oxygens (including phenoxy) is 3. The molecule has 11 nitrogen and oxygen atoms in total. The molecule has 1 aromatic heterocycles. The number of methoxy groups -OCH3 is 2. The number of urea groups is 1. The molecule has 2 aromatic rings. The average Bonchev–Trinajstić information content (AvgIpc) is 3.57. The van der Waals surface area contributed by atoms with Gasteiger partial charge in [0.25, 0.3) is 5.91 Å². The maximum atomic E-state index is 13.8. The number of amides is 3. The second kappa shape index (κ2) is 12.8. The monoisotopic (exact) mass is 526 g/mol. The Bertz CT molecular complexity index is 1140. The normalized spacial score (nSPS) is 17.7. The summed E-state index contributed by atoms with van der Waals surface area (Å²) in [7, 11) is 5.16. The molecule has 38 heavy (non-hydrogen) atoms. The largest absolute Gasteiger partial charge is 0.497 e. The molecule has 2 aliphatic rings. The Morgan fingerprint density at radius 3 is 2.63 bits per heavy atom. The minimum Gasteiger partial charge on any atom is -0.497 e. The van der Waals surface area contributed by atoms with Crippen molar-refractivity contribution in [1.29, 1.82) is 0 Å². The van der Waals surface area contributed by atoms with Crippen LogP contribution in [0.5, 0.6) is 11.5 Å². The van der Waals surface area contributed by atoms with Gasteiger partial charge >= 0.3 is 6.03 Å². The molecule has 1 N–H and O–H groups in total. The lowest BCUT2D eigenvalue weighted by Gasteiger charge is -2.31. The Morgan fingerprint density at radius 1 is 1.18 bits per heavy atom. The van der Waals surface area contributed by atoms with Crippen LogP contribution in [0.15, 0.2) is 41.6 Å². The number of aryl methyl sites for hydroxylation is 1. The highest BCUT2D eigenvalue weighted by Gasteiger charge is 2.37. The lowest BCUT2D eigenvalue weighted by molar-refractivity contribution is -0.133. The van der Waals surface area contributed by atoms with Gasteiger partial charge in [0.2, 0.25) is 0 Å². The summed E-state index contributed by atoms with van der Waals surface area (Å²) in [5.41, 5.74) is 2.52. The van der Waals surface area contributed by atoms with E-state index in [4.69, 9.17) is 19.3 Å². The molecule has 0 aliphatic carbocycles. The zero-order valence-electron chi connectivity index (χ0n) is 22.7. The van der Waals surface area contributed by atoms with Crippen LogP contribution in [0, 0.1) is 0 Å². The fraction of sp³-hybridized carbons (Fsp3) is 0.519. The Kier molecular flexibility index (Phi) is 9.24. The van der Waals surface area contributed by atoms with E-state index < -0.39 is 6.04 Å². The van der Waals surface area contributed by atoms with Crippen molar-refractivity contribution >= 4 is 17.6 Å². The average molecular weight is 527 g/mol. The minimum atomic E-state index is -0.409. The maximum absolute atomic E-state index is 13.8. The van der Waals surface area contributed by atoms with Crippen molar-refractivity contribution in [3.63, 3.8) is 0 Å². The number of nitrogens with zero attached hydrogens (tertiary/aromatic N) is 5. The van der Waals surface area contributed by atoms with Crippen molar-refractivity contribution in [1.82, 2.24) is 24.7 Å². The number of carbonyl (C=O) groups excluding carboxylic acids is 2. The summed E-state index contributed by atoms with van der Waals surface area (Å²) in [5, 5.41) is 9.13. The van der Waals surface area contributed by atoms with Crippen molar-refractivity contribution in [3.05, 3.63) is 47.8 Å². The molecule has 1 atom stereocenters. The van der Waals surface area contributed by atoms with Crippen molar-refractivity contribution in [2.24, 2.45) is 12.1 Å². The number of aromatic nitrogens is 1. The van der Waals surface area contributed by atoms with Crippen LogP contribution in [0.1, 0.15) is 30.6 Å². The number of benzene rings is 1. The van der Waals surface area contributed by atoms with Crippen LogP contribution >= 0.6 is 0 Å². The van der Waals surface area contributed by atoms with Crippen molar-refractivity contribution in [2.45, 2.75) is 19.4 Å². The Morgan fingerprint density at radius 2 is 1.97 bits per heavy atom. The van der Waals surface area contributed by atoms with Crippen LogP contribution in [-0.4, -0.2) is 104 Å². The lowest BCUT2D eigenvalue weighted by atomic mass is 9.99. The number of hydrogen-bond acceptors (Lipinski definition) is 7. The number of carbonyl (C=O) groups is 2. The standard InChI is InChI=1S/C27H38N6O5/c1-5-28-27(35)32(12-11-31-13-15-38-16-14-31)19-26(34)33-24(18-22(29-33)23-7-6-10-30(23)2)21-17-20(36-3)8-9-25(21)37-4/h6-10,17,24H,5,11-16,18-19H2,1-4H3,(H,28,35)/t24-/m0/s1. The molecular formula is C27H38N6O5. The number of morpholine rings is 1. The first-order valence-electron chi connectivity index (χ1n) is 13.0. The van der Waals surface area contributed by atoms with E-state index in [1.165, 1.54) is 5.01 Å². The van der Waals surface area contributed by atoms with Gasteiger partial charge in [-0.25, -0.2) is 9.80 Å². The highest BCUT2D eigenvalue weighted by atomic mass is 16.5. The summed E-state index contributed by atoms with van der Waals surface area (Å²) < 4.78 is 18.5. The molecule has 11 heteroatoms. The van der Waals surface area contributed by atoms with Gasteiger partial charge in [0.1, 0.15) is 18.0 Å². The van der Waals surface area contributed by atoms with Gasteiger partial charge < -0.3 is 29.0 Å². The molecular weight excluding hydrogens is 488 g/mol. The van der Waals surface area contributed by atoms with E-state index in [0.29, 0.717) is 50.8 Å². The number of hydrazone groups is 1. The maximum Gasteiger partial charge on any atom is 0.317 e. The third-order valence-corrected chi connectivity index (χ3v) is 6.93. The number of rotatable bonds is 10. The summed E-state index contributed by atoms with van der Waals surface area (Å²) in [6.07, 6.45) is 2.45. The molecule has 0 spiro atoms. The molecule has 2 aliphatic heterocycles. The first kappa shape index (κ1) is 27.5. The fourth-order valence-electron chi connectivity index (χ4n) is 4.84. The van der Waals surface area contributed by atoms with Gasteiger partial charge in [0, 0.05) is 58.0 Å². The summed E-state index contributed by atoms with van der Waals surface area (Å²) in [5.74, 6) is 1.04. The first-order valence-corrected chi connectivity index (χ1v) is 13.0.